The van der Waals surface area contributed by atoms with Crippen molar-refractivity contribution in [2.75, 3.05) is 19.0 Å². The average molecular weight is 300 g/mol. The van der Waals surface area contributed by atoms with E-state index >= 15 is 0 Å². The molecule has 1 rings (SSSR count). The summed E-state index contributed by atoms with van der Waals surface area (Å²) >= 11 is 6.02. The van der Waals surface area contributed by atoms with Crippen molar-refractivity contribution in [3.8, 4) is 6.01 Å². The Morgan fingerprint density at radius 1 is 1.10 bits per heavy atom. The number of halogens is 1. The average Bonchev–Trinajstić information content (AvgIpc) is 2.47. The van der Waals surface area contributed by atoms with Crippen molar-refractivity contribution >= 4 is 17.4 Å². The molecule has 1 N–H and O–H groups in total. The Labute approximate surface area is 127 Å². The summed E-state index contributed by atoms with van der Waals surface area (Å²) in [6.45, 7) is 3.13. The largest absolute Gasteiger partial charge is 0.467 e. The Bertz CT molecular complexity index is 374. The normalized spacial score (nSPS) is 10.6. The van der Waals surface area contributed by atoms with Crippen LogP contribution in [0.15, 0.2) is 6.20 Å². The Morgan fingerprint density at radius 3 is 2.40 bits per heavy atom. The standard InChI is InChI=1S/C15H26ClN3O/c1-3-4-5-6-7-8-9-10-11-17-14-13(16)12-18-15(19-14)20-2/h12H,3-11H2,1-2H3,(H,17,18,19). The summed E-state index contributed by atoms with van der Waals surface area (Å²) in [5, 5.41) is 3.77. The summed E-state index contributed by atoms with van der Waals surface area (Å²) in [6, 6.07) is 0.341. The van der Waals surface area contributed by atoms with Crippen LogP contribution in [0.2, 0.25) is 5.02 Å². The molecule has 0 atom stereocenters. The van der Waals surface area contributed by atoms with E-state index in [1.165, 1.54) is 44.9 Å². The highest BCUT2D eigenvalue weighted by Gasteiger charge is 2.04. The molecule has 1 aromatic rings. The molecule has 0 aromatic carbocycles. The first-order valence-electron chi connectivity index (χ1n) is 7.58. The van der Waals surface area contributed by atoms with Gasteiger partial charge < -0.3 is 10.1 Å². The van der Waals surface area contributed by atoms with Crippen LogP contribution in [0.4, 0.5) is 5.82 Å². The minimum atomic E-state index is 0.341. The van der Waals surface area contributed by atoms with E-state index in [1.54, 1.807) is 13.3 Å². The second kappa shape index (κ2) is 10.7. The second-order valence-electron chi connectivity index (χ2n) is 4.95. The minimum Gasteiger partial charge on any atom is -0.467 e. The maximum Gasteiger partial charge on any atom is 0.318 e. The van der Waals surface area contributed by atoms with E-state index < -0.39 is 0 Å². The smallest absolute Gasteiger partial charge is 0.318 e. The maximum absolute atomic E-state index is 6.02. The van der Waals surface area contributed by atoms with Gasteiger partial charge in [-0.1, -0.05) is 63.5 Å². The molecule has 0 aliphatic heterocycles. The topological polar surface area (TPSA) is 47.0 Å². The molecule has 4 nitrogen and oxygen atoms in total. The van der Waals surface area contributed by atoms with Gasteiger partial charge in [-0.15, -0.1) is 0 Å². The third-order valence-electron chi connectivity index (χ3n) is 3.23. The first kappa shape index (κ1) is 17.0. The minimum absolute atomic E-state index is 0.341. The lowest BCUT2D eigenvalue weighted by molar-refractivity contribution is 0.380. The Kier molecular flexibility index (Phi) is 9.13. The maximum atomic E-state index is 6.02. The molecule has 0 radical (unpaired) electrons. The van der Waals surface area contributed by atoms with E-state index in [2.05, 4.69) is 22.2 Å². The van der Waals surface area contributed by atoms with Crippen LogP contribution in [0.3, 0.4) is 0 Å². The zero-order chi connectivity index (χ0) is 14.6. The van der Waals surface area contributed by atoms with E-state index in [4.69, 9.17) is 16.3 Å². The van der Waals surface area contributed by atoms with Gasteiger partial charge in [-0.25, -0.2) is 4.98 Å². The Hall–Kier alpha value is -1.03. The van der Waals surface area contributed by atoms with Crippen molar-refractivity contribution < 1.29 is 4.74 Å². The number of hydrogen-bond acceptors (Lipinski definition) is 4. The van der Waals surface area contributed by atoms with E-state index in [9.17, 15) is 0 Å². The SMILES string of the molecule is CCCCCCCCCCNc1nc(OC)ncc1Cl. The lowest BCUT2D eigenvalue weighted by Crippen LogP contribution is -2.05. The molecule has 0 aliphatic carbocycles. The number of methoxy groups -OCH3 is 1. The number of rotatable bonds is 11. The van der Waals surface area contributed by atoms with Gasteiger partial charge >= 0.3 is 6.01 Å². The van der Waals surface area contributed by atoms with Gasteiger partial charge in [0.25, 0.3) is 0 Å². The van der Waals surface area contributed by atoms with Crippen molar-refractivity contribution in [3.63, 3.8) is 0 Å². The number of unbranched alkanes of at least 4 members (excludes halogenated alkanes) is 7. The van der Waals surface area contributed by atoms with E-state index in [-0.39, 0.29) is 0 Å². The van der Waals surface area contributed by atoms with Crippen LogP contribution in [-0.4, -0.2) is 23.6 Å². The molecular weight excluding hydrogens is 274 g/mol. The molecular formula is C15H26ClN3O. The van der Waals surface area contributed by atoms with Crippen molar-refractivity contribution in [1.82, 2.24) is 9.97 Å². The molecule has 0 bridgehead atoms. The van der Waals surface area contributed by atoms with Crippen molar-refractivity contribution in [1.29, 1.82) is 0 Å². The molecule has 0 aliphatic rings. The molecule has 114 valence electrons. The van der Waals surface area contributed by atoms with Gasteiger partial charge in [-0.3, -0.25) is 0 Å². The molecule has 1 heterocycles. The number of nitrogens with one attached hydrogen (secondary N) is 1. The van der Waals surface area contributed by atoms with E-state index in [1.807, 2.05) is 0 Å². The van der Waals surface area contributed by atoms with Crippen LogP contribution < -0.4 is 10.1 Å². The molecule has 0 spiro atoms. The van der Waals surface area contributed by atoms with Gasteiger partial charge in [-0.05, 0) is 6.42 Å². The Morgan fingerprint density at radius 2 is 1.75 bits per heavy atom. The first-order chi connectivity index (χ1) is 9.77. The third-order valence-corrected chi connectivity index (χ3v) is 3.50. The summed E-state index contributed by atoms with van der Waals surface area (Å²) in [5.41, 5.74) is 0. The van der Waals surface area contributed by atoms with Gasteiger partial charge in [0.15, 0.2) is 5.82 Å². The van der Waals surface area contributed by atoms with Gasteiger partial charge in [0.2, 0.25) is 0 Å². The summed E-state index contributed by atoms with van der Waals surface area (Å²) in [7, 11) is 1.55. The van der Waals surface area contributed by atoms with Crippen LogP contribution in [0.5, 0.6) is 6.01 Å². The number of hydrogen-bond donors (Lipinski definition) is 1. The second-order valence-corrected chi connectivity index (χ2v) is 5.36. The van der Waals surface area contributed by atoms with Crippen LogP contribution >= 0.6 is 11.6 Å². The molecule has 0 saturated carbocycles. The van der Waals surface area contributed by atoms with Crippen molar-refractivity contribution in [2.45, 2.75) is 58.3 Å². The fourth-order valence-electron chi connectivity index (χ4n) is 2.04. The first-order valence-corrected chi connectivity index (χ1v) is 7.96. The predicted octanol–water partition coefficient (Wildman–Crippen LogP) is 4.69. The molecule has 0 fully saturated rings. The fourth-order valence-corrected chi connectivity index (χ4v) is 2.20. The van der Waals surface area contributed by atoms with Crippen molar-refractivity contribution in [2.24, 2.45) is 0 Å². The van der Waals surface area contributed by atoms with Crippen molar-refractivity contribution in [3.05, 3.63) is 11.2 Å². The Balaban J connectivity index is 2.09. The number of anilines is 1. The van der Waals surface area contributed by atoms with Gasteiger partial charge in [0, 0.05) is 6.54 Å². The van der Waals surface area contributed by atoms with Crippen LogP contribution in [0, 0.1) is 0 Å². The van der Waals surface area contributed by atoms with Crippen LogP contribution in [0.1, 0.15) is 58.3 Å². The number of aromatic nitrogens is 2. The summed E-state index contributed by atoms with van der Waals surface area (Å²) in [4.78, 5) is 8.13. The van der Waals surface area contributed by atoms with Crippen LogP contribution in [-0.2, 0) is 0 Å². The molecule has 0 unspecified atom stereocenters. The van der Waals surface area contributed by atoms with E-state index in [0.717, 1.165) is 13.0 Å². The van der Waals surface area contributed by atoms with Gasteiger partial charge in [0.1, 0.15) is 5.02 Å². The zero-order valence-corrected chi connectivity index (χ0v) is 13.4. The molecule has 1 aromatic heterocycles. The highest BCUT2D eigenvalue weighted by Crippen LogP contribution is 2.20. The lowest BCUT2D eigenvalue weighted by atomic mass is 10.1. The third kappa shape index (κ3) is 6.94. The quantitative estimate of drug-likeness (QED) is 0.602. The number of nitrogens with zero attached hydrogens (tertiary/aromatic N) is 2. The van der Waals surface area contributed by atoms with Gasteiger partial charge in [-0.2, -0.15) is 4.98 Å². The summed E-state index contributed by atoms with van der Waals surface area (Å²) < 4.78 is 4.98. The molecule has 5 heteroatoms. The highest BCUT2D eigenvalue weighted by molar-refractivity contribution is 6.32. The zero-order valence-electron chi connectivity index (χ0n) is 12.6. The molecule has 20 heavy (non-hydrogen) atoms. The predicted molar refractivity (Wildman–Crippen MR) is 84.7 cm³/mol. The van der Waals surface area contributed by atoms with Gasteiger partial charge in [0.05, 0.1) is 13.3 Å². The number of ether oxygens (including phenoxy) is 1. The molecule has 0 saturated heterocycles. The fraction of sp³-hybridized carbons (Fsp3) is 0.733. The van der Waals surface area contributed by atoms with Crippen LogP contribution in [0.25, 0.3) is 0 Å². The molecule has 0 amide bonds. The summed E-state index contributed by atoms with van der Waals surface area (Å²) in [6.07, 6.45) is 12.0. The highest BCUT2D eigenvalue weighted by atomic mass is 35.5. The monoisotopic (exact) mass is 299 g/mol. The van der Waals surface area contributed by atoms with E-state index in [0.29, 0.717) is 16.9 Å². The summed E-state index contributed by atoms with van der Waals surface area (Å²) in [5.74, 6) is 0.654. The lowest BCUT2D eigenvalue weighted by Gasteiger charge is -2.08.